The molecule has 0 atom stereocenters. The third-order valence-corrected chi connectivity index (χ3v) is 3.41. The van der Waals surface area contributed by atoms with E-state index in [9.17, 15) is 4.39 Å². The third-order valence-electron chi connectivity index (χ3n) is 3.41. The minimum absolute atomic E-state index is 0.204. The van der Waals surface area contributed by atoms with Crippen molar-refractivity contribution in [3.63, 3.8) is 0 Å². The summed E-state index contributed by atoms with van der Waals surface area (Å²) in [6.07, 6.45) is 2.88. The molecule has 2 N–H and O–H groups in total. The second-order valence-electron chi connectivity index (χ2n) is 4.64. The van der Waals surface area contributed by atoms with Crippen LogP contribution in [0.2, 0.25) is 0 Å². The summed E-state index contributed by atoms with van der Waals surface area (Å²) in [5.41, 5.74) is 9.87. The van der Waals surface area contributed by atoms with Crippen LogP contribution in [0, 0.1) is 5.82 Å². The standard InChI is InChI=1S/C14H16FN3/c15-11-4-1-3-10(9-11)14-12(6-7-16)17-18-8-2-5-13(14)18/h1,3-4,9H,2,5-8,16H2. The normalized spacial score (nSPS) is 13.9. The summed E-state index contributed by atoms with van der Waals surface area (Å²) in [5.74, 6) is -0.204. The van der Waals surface area contributed by atoms with Crippen molar-refractivity contribution in [1.82, 2.24) is 9.78 Å². The lowest BCUT2D eigenvalue weighted by Gasteiger charge is -2.04. The molecule has 0 aliphatic carbocycles. The molecule has 18 heavy (non-hydrogen) atoms. The van der Waals surface area contributed by atoms with Crippen LogP contribution >= 0.6 is 0 Å². The maximum Gasteiger partial charge on any atom is 0.123 e. The molecule has 3 nitrogen and oxygen atoms in total. The van der Waals surface area contributed by atoms with Crippen molar-refractivity contribution in [3.05, 3.63) is 41.5 Å². The summed E-state index contributed by atoms with van der Waals surface area (Å²) >= 11 is 0. The van der Waals surface area contributed by atoms with Gasteiger partial charge in [0.15, 0.2) is 0 Å². The molecule has 1 aromatic heterocycles. The highest BCUT2D eigenvalue weighted by Gasteiger charge is 2.22. The number of nitrogens with zero attached hydrogens (tertiary/aromatic N) is 2. The van der Waals surface area contributed by atoms with Gasteiger partial charge in [-0.05, 0) is 37.1 Å². The largest absolute Gasteiger partial charge is 0.330 e. The van der Waals surface area contributed by atoms with Gasteiger partial charge in [-0.1, -0.05) is 12.1 Å². The Morgan fingerprint density at radius 3 is 3.06 bits per heavy atom. The second kappa shape index (κ2) is 4.53. The molecular weight excluding hydrogens is 229 g/mol. The van der Waals surface area contributed by atoms with E-state index < -0.39 is 0 Å². The van der Waals surface area contributed by atoms with E-state index >= 15 is 0 Å². The number of fused-ring (bicyclic) bond motifs is 1. The van der Waals surface area contributed by atoms with E-state index in [0.717, 1.165) is 42.6 Å². The molecular formula is C14H16FN3. The first-order chi connectivity index (χ1) is 8.79. The van der Waals surface area contributed by atoms with Gasteiger partial charge in [-0.15, -0.1) is 0 Å². The molecule has 1 aliphatic rings. The number of nitrogens with two attached hydrogens (primary N) is 1. The first-order valence-electron chi connectivity index (χ1n) is 6.34. The Balaban J connectivity index is 2.14. The number of aryl methyl sites for hydroxylation is 1. The van der Waals surface area contributed by atoms with Gasteiger partial charge in [0.1, 0.15) is 5.82 Å². The molecule has 0 saturated heterocycles. The Morgan fingerprint density at radius 2 is 2.28 bits per heavy atom. The van der Waals surface area contributed by atoms with Crippen LogP contribution in [-0.2, 0) is 19.4 Å². The second-order valence-corrected chi connectivity index (χ2v) is 4.64. The summed E-state index contributed by atoms with van der Waals surface area (Å²) in [6, 6.07) is 6.74. The first-order valence-corrected chi connectivity index (χ1v) is 6.34. The molecule has 0 spiro atoms. The van der Waals surface area contributed by atoms with Gasteiger partial charge in [0.05, 0.1) is 5.69 Å². The highest BCUT2D eigenvalue weighted by Crippen LogP contribution is 2.32. The number of benzene rings is 1. The molecule has 1 aliphatic heterocycles. The van der Waals surface area contributed by atoms with Crippen molar-refractivity contribution in [3.8, 4) is 11.1 Å². The molecule has 2 aromatic rings. The fourth-order valence-corrected chi connectivity index (χ4v) is 2.68. The molecule has 4 heteroatoms. The third kappa shape index (κ3) is 1.82. The smallest absolute Gasteiger partial charge is 0.123 e. The average Bonchev–Trinajstić information content (AvgIpc) is 2.89. The van der Waals surface area contributed by atoms with Gasteiger partial charge in [0.2, 0.25) is 0 Å². The van der Waals surface area contributed by atoms with Gasteiger partial charge >= 0.3 is 0 Å². The summed E-state index contributed by atoms with van der Waals surface area (Å²) in [4.78, 5) is 0. The van der Waals surface area contributed by atoms with Gasteiger partial charge in [0, 0.05) is 24.2 Å². The summed E-state index contributed by atoms with van der Waals surface area (Å²) in [7, 11) is 0. The summed E-state index contributed by atoms with van der Waals surface area (Å²) < 4.78 is 15.4. The Hall–Kier alpha value is -1.68. The molecule has 2 heterocycles. The zero-order chi connectivity index (χ0) is 12.5. The molecule has 0 bridgehead atoms. The van der Waals surface area contributed by atoms with Gasteiger partial charge in [-0.2, -0.15) is 5.10 Å². The van der Waals surface area contributed by atoms with E-state index in [1.54, 1.807) is 12.1 Å². The Morgan fingerprint density at radius 1 is 1.39 bits per heavy atom. The number of halogens is 1. The highest BCUT2D eigenvalue weighted by atomic mass is 19.1. The zero-order valence-electron chi connectivity index (χ0n) is 10.2. The first kappa shape index (κ1) is 11.4. The van der Waals surface area contributed by atoms with E-state index in [-0.39, 0.29) is 5.82 Å². The average molecular weight is 245 g/mol. The monoisotopic (exact) mass is 245 g/mol. The molecule has 0 fully saturated rings. The van der Waals surface area contributed by atoms with E-state index in [0.29, 0.717) is 6.54 Å². The summed E-state index contributed by atoms with van der Waals surface area (Å²) in [5, 5.41) is 4.60. The number of rotatable bonds is 3. The zero-order valence-corrected chi connectivity index (χ0v) is 10.2. The highest BCUT2D eigenvalue weighted by molar-refractivity contribution is 5.69. The molecule has 0 amide bonds. The molecule has 0 unspecified atom stereocenters. The SMILES string of the molecule is NCCc1nn2c(c1-c1cccc(F)c1)CCC2. The van der Waals surface area contributed by atoms with Crippen LogP contribution in [0.1, 0.15) is 17.8 Å². The summed E-state index contributed by atoms with van der Waals surface area (Å²) in [6.45, 7) is 1.53. The Kier molecular flexibility index (Phi) is 2.88. The van der Waals surface area contributed by atoms with Crippen molar-refractivity contribution in [1.29, 1.82) is 0 Å². The van der Waals surface area contributed by atoms with Crippen LogP contribution in [0.5, 0.6) is 0 Å². The van der Waals surface area contributed by atoms with Crippen LogP contribution in [0.4, 0.5) is 4.39 Å². The van der Waals surface area contributed by atoms with Crippen LogP contribution in [0.25, 0.3) is 11.1 Å². The fraction of sp³-hybridized carbons (Fsp3) is 0.357. The van der Waals surface area contributed by atoms with Gasteiger partial charge in [-0.25, -0.2) is 4.39 Å². The van der Waals surface area contributed by atoms with Crippen molar-refractivity contribution >= 4 is 0 Å². The quantitative estimate of drug-likeness (QED) is 0.900. The van der Waals surface area contributed by atoms with E-state index in [4.69, 9.17) is 5.73 Å². The van der Waals surface area contributed by atoms with Crippen LogP contribution in [0.15, 0.2) is 24.3 Å². The van der Waals surface area contributed by atoms with Crippen LogP contribution < -0.4 is 5.73 Å². The van der Waals surface area contributed by atoms with Crippen molar-refractivity contribution in [2.45, 2.75) is 25.8 Å². The molecule has 94 valence electrons. The lowest BCUT2D eigenvalue weighted by Crippen LogP contribution is -2.05. The molecule has 0 saturated carbocycles. The van der Waals surface area contributed by atoms with Crippen molar-refractivity contribution < 1.29 is 4.39 Å². The maximum absolute atomic E-state index is 13.4. The Labute approximate surface area is 105 Å². The number of aromatic nitrogens is 2. The number of hydrogen-bond acceptors (Lipinski definition) is 2. The van der Waals surface area contributed by atoms with E-state index in [1.165, 1.54) is 11.8 Å². The minimum Gasteiger partial charge on any atom is -0.330 e. The lowest BCUT2D eigenvalue weighted by molar-refractivity contribution is 0.628. The van der Waals surface area contributed by atoms with Gasteiger partial charge in [0.25, 0.3) is 0 Å². The molecule has 1 aromatic carbocycles. The molecule has 0 radical (unpaired) electrons. The topological polar surface area (TPSA) is 43.8 Å². The lowest BCUT2D eigenvalue weighted by atomic mass is 10.00. The van der Waals surface area contributed by atoms with Crippen molar-refractivity contribution in [2.75, 3.05) is 6.54 Å². The van der Waals surface area contributed by atoms with Gasteiger partial charge in [-0.3, -0.25) is 4.68 Å². The Bertz CT molecular complexity index is 574. The maximum atomic E-state index is 13.4. The predicted octanol–water partition coefficient (Wildman–Crippen LogP) is 2.14. The molecule has 3 rings (SSSR count). The van der Waals surface area contributed by atoms with E-state index in [2.05, 4.69) is 5.10 Å². The fourth-order valence-electron chi connectivity index (χ4n) is 2.68. The van der Waals surface area contributed by atoms with E-state index in [1.807, 2.05) is 10.7 Å². The minimum atomic E-state index is -0.204. The van der Waals surface area contributed by atoms with Crippen LogP contribution in [0.3, 0.4) is 0 Å². The van der Waals surface area contributed by atoms with Gasteiger partial charge < -0.3 is 5.73 Å². The van der Waals surface area contributed by atoms with Crippen molar-refractivity contribution in [2.24, 2.45) is 5.73 Å². The predicted molar refractivity (Wildman–Crippen MR) is 68.7 cm³/mol. The number of hydrogen-bond donors (Lipinski definition) is 1. The van der Waals surface area contributed by atoms with Crippen LogP contribution in [-0.4, -0.2) is 16.3 Å².